The van der Waals surface area contributed by atoms with Gasteiger partial charge in [-0.1, -0.05) is 65.8 Å². The highest BCUT2D eigenvalue weighted by Gasteiger charge is 2.40. The molecule has 0 saturated heterocycles. The standard InChI is InChI=1S/C38H45N3O7/c1-37(2,3)47-36(45)41(48-38(4,5)6)40(32-21-20-31-25-39-23-22-30(31)24-32)34(35(43)44)29-18-16-27(17-19-29)12-10-11-15-33(42)46-26-28-13-8-7-9-14-28/h7-9,13-14,16-25,34H,10-12,15,26H2,1-6H3,(H,43,44). The maximum Gasteiger partial charge on any atom is 0.454 e. The Bertz CT molecular complexity index is 1680. The molecule has 0 aliphatic carbocycles. The third-order valence-electron chi connectivity index (χ3n) is 7.11. The molecular weight excluding hydrogens is 610 g/mol. The number of carbonyl (C=O) groups is 3. The van der Waals surface area contributed by atoms with Crippen LogP contribution in [0.4, 0.5) is 10.5 Å². The van der Waals surface area contributed by atoms with Crippen molar-refractivity contribution in [2.75, 3.05) is 5.01 Å². The van der Waals surface area contributed by atoms with E-state index in [0.717, 1.165) is 33.5 Å². The molecule has 1 heterocycles. The molecule has 1 aromatic heterocycles. The molecule has 3 aromatic carbocycles. The second kappa shape index (κ2) is 15.8. The highest BCUT2D eigenvalue weighted by atomic mass is 16.8. The third kappa shape index (κ3) is 10.5. The third-order valence-corrected chi connectivity index (χ3v) is 7.11. The van der Waals surface area contributed by atoms with Gasteiger partial charge in [-0.2, -0.15) is 0 Å². The molecule has 4 rings (SSSR count). The molecule has 0 aliphatic heterocycles. The second-order valence-electron chi connectivity index (χ2n) is 13.5. The number of carbonyl (C=O) groups excluding carboxylic acids is 2. The van der Waals surface area contributed by atoms with Gasteiger partial charge in [0, 0.05) is 24.2 Å². The predicted octanol–water partition coefficient (Wildman–Crippen LogP) is 8.21. The number of hydrogen-bond donors (Lipinski definition) is 1. The minimum absolute atomic E-state index is 0.240. The Labute approximate surface area is 282 Å². The van der Waals surface area contributed by atoms with E-state index in [0.29, 0.717) is 30.5 Å². The van der Waals surface area contributed by atoms with Gasteiger partial charge in [-0.15, -0.1) is 0 Å². The van der Waals surface area contributed by atoms with Crippen LogP contribution in [0.15, 0.2) is 91.3 Å². The molecular formula is C38H45N3O7. The number of anilines is 1. The zero-order chi connectivity index (χ0) is 34.9. The van der Waals surface area contributed by atoms with Gasteiger partial charge >= 0.3 is 18.0 Å². The molecule has 254 valence electrons. The summed E-state index contributed by atoms with van der Waals surface area (Å²) in [6.07, 6.45) is 4.92. The molecule has 1 unspecified atom stereocenters. The molecule has 48 heavy (non-hydrogen) atoms. The fraction of sp³-hybridized carbons (Fsp3) is 0.368. The monoisotopic (exact) mass is 655 g/mol. The summed E-state index contributed by atoms with van der Waals surface area (Å²) in [5.74, 6) is -1.44. The van der Waals surface area contributed by atoms with E-state index < -0.39 is 29.3 Å². The topological polar surface area (TPSA) is 119 Å². The number of carboxylic acid groups (broad SMARTS) is 1. The van der Waals surface area contributed by atoms with E-state index in [2.05, 4.69) is 4.98 Å². The molecule has 4 aromatic rings. The Morgan fingerprint density at radius 1 is 0.812 bits per heavy atom. The summed E-state index contributed by atoms with van der Waals surface area (Å²) in [6, 6.07) is 22.5. The van der Waals surface area contributed by atoms with E-state index in [9.17, 15) is 19.5 Å². The minimum Gasteiger partial charge on any atom is -0.479 e. The van der Waals surface area contributed by atoms with Crippen molar-refractivity contribution in [3.05, 3.63) is 108 Å². The molecule has 1 amide bonds. The van der Waals surface area contributed by atoms with Gasteiger partial charge in [0.1, 0.15) is 12.2 Å². The van der Waals surface area contributed by atoms with Crippen LogP contribution in [0.2, 0.25) is 0 Å². The van der Waals surface area contributed by atoms with Crippen LogP contribution in [0.25, 0.3) is 10.8 Å². The number of pyridine rings is 1. The lowest BCUT2D eigenvalue weighted by molar-refractivity contribution is -0.221. The van der Waals surface area contributed by atoms with Crippen LogP contribution in [0.5, 0.6) is 0 Å². The number of hydroxylamine groups is 1. The van der Waals surface area contributed by atoms with Crippen molar-refractivity contribution < 1.29 is 33.8 Å². The van der Waals surface area contributed by atoms with E-state index in [4.69, 9.17) is 14.3 Å². The quantitative estimate of drug-likeness (QED) is 0.0863. The zero-order valence-corrected chi connectivity index (χ0v) is 28.5. The number of ether oxygens (including phenoxy) is 2. The lowest BCUT2D eigenvalue weighted by Gasteiger charge is -2.41. The van der Waals surface area contributed by atoms with E-state index in [-0.39, 0.29) is 12.6 Å². The van der Waals surface area contributed by atoms with Gasteiger partial charge in [0.15, 0.2) is 6.04 Å². The molecule has 0 fully saturated rings. The van der Waals surface area contributed by atoms with Gasteiger partial charge in [0.05, 0.1) is 11.3 Å². The van der Waals surface area contributed by atoms with Gasteiger partial charge < -0.3 is 14.6 Å². The number of rotatable bonds is 13. The highest BCUT2D eigenvalue weighted by Crippen LogP contribution is 2.34. The second-order valence-corrected chi connectivity index (χ2v) is 13.5. The first kappa shape index (κ1) is 35.9. The smallest absolute Gasteiger partial charge is 0.454 e. The molecule has 0 radical (unpaired) electrons. The van der Waals surface area contributed by atoms with Crippen molar-refractivity contribution in [1.82, 2.24) is 10.2 Å². The summed E-state index contributed by atoms with van der Waals surface area (Å²) in [4.78, 5) is 49.4. The summed E-state index contributed by atoms with van der Waals surface area (Å²) in [7, 11) is 0. The van der Waals surface area contributed by atoms with Crippen molar-refractivity contribution in [3.8, 4) is 0 Å². The fourth-order valence-corrected chi connectivity index (χ4v) is 4.97. The first-order valence-electron chi connectivity index (χ1n) is 16.1. The maximum absolute atomic E-state index is 13.7. The summed E-state index contributed by atoms with van der Waals surface area (Å²) in [5.41, 5.74) is 0.991. The number of nitrogens with zero attached hydrogens (tertiary/aromatic N) is 3. The largest absolute Gasteiger partial charge is 0.479 e. The van der Waals surface area contributed by atoms with Crippen LogP contribution in [0, 0.1) is 0 Å². The van der Waals surface area contributed by atoms with Crippen molar-refractivity contribution in [2.45, 2.75) is 91.1 Å². The highest BCUT2D eigenvalue weighted by molar-refractivity contribution is 5.88. The number of unbranched alkanes of at least 4 members (excludes halogenated alkanes) is 1. The Hall–Kier alpha value is -4.96. The van der Waals surface area contributed by atoms with Crippen molar-refractivity contribution >= 4 is 34.5 Å². The van der Waals surface area contributed by atoms with Crippen LogP contribution in [-0.2, 0) is 36.9 Å². The Morgan fingerprint density at radius 3 is 2.17 bits per heavy atom. The average molecular weight is 656 g/mol. The molecule has 0 saturated carbocycles. The van der Waals surface area contributed by atoms with E-state index in [1.54, 1.807) is 78.2 Å². The lowest BCUT2D eigenvalue weighted by Crippen LogP contribution is -2.54. The lowest BCUT2D eigenvalue weighted by atomic mass is 10.0. The molecule has 1 atom stereocenters. The maximum atomic E-state index is 13.7. The summed E-state index contributed by atoms with van der Waals surface area (Å²) < 4.78 is 11.1. The number of hydrogen-bond acceptors (Lipinski definition) is 8. The molecule has 10 nitrogen and oxygen atoms in total. The molecule has 0 aliphatic rings. The van der Waals surface area contributed by atoms with Crippen LogP contribution in [0.1, 0.15) is 83.5 Å². The van der Waals surface area contributed by atoms with E-state index >= 15 is 0 Å². The Balaban J connectivity index is 1.57. The van der Waals surface area contributed by atoms with Gasteiger partial charge in [-0.25, -0.2) is 19.4 Å². The number of aromatic nitrogens is 1. The average Bonchev–Trinajstić information content (AvgIpc) is 3.03. The number of fused-ring (bicyclic) bond motifs is 1. The summed E-state index contributed by atoms with van der Waals surface area (Å²) >= 11 is 0. The number of hydrazine groups is 1. The van der Waals surface area contributed by atoms with E-state index in [1.165, 1.54) is 5.01 Å². The van der Waals surface area contributed by atoms with Gasteiger partial charge in [0.2, 0.25) is 0 Å². The molecule has 1 N–H and O–H groups in total. The van der Waals surface area contributed by atoms with Gasteiger partial charge in [-0.3, -0.25) is 9.78 Å². The number of amides is 1. The van der Waals surface area contributed by atoms with Crippen LogP contribution >= 0.6 is 0 Å². The fourth-order valence-electron chi connectivity index (χ4n) is 4.97. The van der Waals surface area contributed by atoms with Crippen molar-refractivity contribution in [2.24, 2.45) is 0 Å². The molecule has 0 bridgehead atoms. The predicted molar refractivity (Wildman–Crippen MR) is 184 cm³/mol. The molecule has 10 heteroatoms. The Morgan fingerprint density at radius 2 is 1.52 bits per heavy atom. The Kier molecular flexibility index (Phi) is 11.8. The van der Waals surface area contributed by atoms with Gasteiger partial charge in [0.25, 0.3) is 0 Å². The number of aliphatic carboxylic acids is 1. The van der Waals surface area contributed by atoms with Crippen molar-refractivity contribution in [1.29, 1.82) is 0 Å². The number of esters is 1. The number of carboxylic acids is 1. The number of aryl methyl sites for hydroxylation is 1. The van der Waals surface area contributed by atoms with Crippen LogP contribution in [0.3, 0.4) is 0 Å². The zero-order valence-electron chi connectivity index (χ0n) is 28.5. The summed E-state index contributed by atoms with van der Waals surface area (Å²) in [5, 5.41) is 14.6. The normalized spacial score (nSPS) is 12.3. The summed E-state index contributed by atoms with van der Waals surface area (Å²) in [6.45, 7) is 10.7. The first-order chi connectivity index (χ1) is 22.7. The first-order valence-corrected chi connectivity index (χ1v) is 16.1. The minimum atomic E-state index is -1.37. The van der Waals surface area contributed by atoms with E-state index in [1.807, 2.05) is 54.6 Å². The SMILES string of the molecule is CC(C)(C)OC(=O)N(OC(C)(C)C)N(c1ccc2cnccc2c1)C(C(=O)O)c1ccc(CCCCC(=O)OCc2ccccc2)cc1. The van der Waals surface area contributed by atoms with Crippen LogP contribution in [-0.4, -0.2) is 44.5 Å². The van der Waals surface area contributed by atoms with Gasteiger partial charge in [-0.05, 0) is 101 Å². The van der Waals surface area contributed by atoms with Crippen molar-refractivity contribution in [3.63, 3.8) is 0 Å². The van der Waals surface area contributed by atoms with Crippen LogP contribution < -0.4 is 5.01 Å². The number of benzene rings is 3. The molecule has 0 spiro atoms.